The average molecular weight is 224 g/mol. The van der Waals surface area contributed by atoms with Crippen molar-refractivity contribution in [3.05, 3.63) is 0 Å². The summed E-state index contributed by atoms with van der Waals surface area (Å²) in [4.78, 5) is 10.7. The fourth-order valence-corrected chi connectivity index (χ4v) is 4.63. The zero-order chi connectivity index (χ0) is 11.3. The van der Waals surface area contributed by atoms with Crippen LogP contribution < -0.4 is 11.5 Å². The summed E-state index contributed by atoms with van der Waals surface area (Å²) in [7, 11) is 0. The van der Waals surface area contributed by atoms with Crippen molar-refractivity contribution in [3.8, 4) is 0 Å². The van der Waals surface area contributed by atoms with Crippen LogP contribution in [0, 0.1) is 23.2 Å². The zero-order valence-corrected chi connectivity index (χ0v) is 9.52. The summed E-state index contributed by atoms with van der Waals surface area (Å²) in [5.74, 6) is 2.12. The fourth-order valence-electron chi connectivity index (χ4n) is 4.63. The largest absolute Gasteiger partial charge is 0.449 e. The van der Waals surface area contributed by atoms with Crippen molar-refractivity contribution in [2.45, 2.75) is 38.1 Å². The minimum Gasteiger partial charge on any atom is -0.449 e. The molecule has 0 aromatic carbocycles. The Morgan fingerprint density at radius 1 is 1.25 bits per heavy atom. The molecule has 0 spiro atoms. The minimum atomic E-state index is -0.639. The number of ether oxygens (including phenoxy) is 1. The lowest BCUT2D eigenvalue weighted by molar-refractivity contribution is -0.0921. The van der Waals surface area contributed by atoms with Gasteiger partial charge in [-0.3, -0.25) is 0 Å². The topological polar surface area (TPSA) is 78.3 Å². The molecule has 0 aromatic heterocycles. The van der Waals surface area contributed by atoms with E-state index in [1.807, 2.05) is 0 Å². The van der Waals surface area contributed by atoms with E-state index in [4.69, 9.17) is 16.2 Å². The molecule has 0 aromatic rings. The molecule has 2 unspecified atom stereocenters. The quantitative estimate of drug-likeness (QED) is 0.740. The van der Waals surface area contributed by atoms with Crippen LogP contribution in [0.1, 0.15) is 32.1 Å². The molecule has 16 heavy (non-hydrogen) atoms. The maximum absolute atomic E-state index is 10.7. The van der Waals surface area contributed by atoms with E-state index in [9.17, 15) is 4.79 Å². The molecule has 0 heterocycles. The second-order valence-electron chi connectivity index (χ2n) is 6.16. The summed E-state index contributed by atoms with van der Waals surface area (Å²) in [5.41, 5.74) is 11.5. The Labute approximate surface area is 95.7 Å². The molecule has 4 rings (SSSR count). The maximum atomic E-state index is 10.7. The highest BCUT2D eigenvalue weighted by molar-refractivity contribution is 5.64. The first-order valence-corrected chi connectivity index (χ1v) is 6.26. The third-order valence-electron chi connectivity index (χ3n) is 4.99. The molecule has 2 atom stereocenters. The summed E-state index contributed by atoms with van der Waals surface area (Å²) in [6.45, 7) is 0.512. The van der Waals surface area contributed by atoms with Crippen molar-refractivity contribution >= 4 is 6.09 Å². The van der Waals surface area contributed by atoms with Gasteiger partial charge in [0, 0.05) is 11.5 Å². The number of primary amides is 1. The second kappa shape index (κ2) is 3.36. The Bertz CT molecular complexity index is 302. The molecule has 4 N–H and O–H groups in total. The van der Waals surface area contributed by atoms with Gasteiger partial charge in [-0.15, -0.1) is 0 Å². The first-order chi connectivity index (χ1) is 7.58. The maximum Gasteiger partial charge on any atom is 0.404 e. The second-order valence-corrected chi connectivity index (χ2v) is 6.16. The number of nitrogens with two attached hydrogens (primary N) is 2. The molecule has 1 amide bonds. The normalized spacial score (nSPS) is 49.3. The van der Waals surface area contributed by atoms with Crippen molar-refractivity contribution in [3.63, 3.8) is 0 Å². The van der Waals surface area contributed by atoms with E-state index in [0.29, 0.717) is 24.5 Å². The third kappa shape index (κ3) is 1.51. The van der Waals surface area contributed by atoms with Gasteiger partial charge < -0.3 is 16.2 Å². The Kier molecular flexibility index (Phi) is 2.18. The van der Waals surface area contributed by atoms with Crippen LogP contribution in [0.15, 0.2) is 0 Å². The lowest BCUT2D eigenvalue weighted by atomic mass is 9.48. The first-order valence-electron chi connectivity index (χ1n) is 6.26. The van der Waals surface area contributed by atoms with Crippen LogP contribution in [0.5, 0.6) is 0 Å². The molecular weight excluding hydrogens is 204 g/mol. The van der Waals surface area contributed by atoms with Gasteiger partial charge in [-0.2, -0.15) is 0 Å². The highest BCUT2D eigenvalue weighted by Gasteiger charge is 2.54. The molecule has 4 nitrogen and oxygen atoms in total. The number of amides is 1. The number of carbonyl (C=O) groups is 1. The fraction of sp³-hybridized carbons (Fsp3) is 0.917. The van der Waals surface area contributed by atoms with Gasteiger partial charge in [0.05, 0.1) is 6.61 Å². The number of rotatable bonds is 2. The molecular formula is C12H20N2O2. The SMILES string of the molecule is NC(=O)OCC12CC3CC(C1)C(N)C(C3)C2. The number of hydrogen-bond donors (Lipinski definition) is 2. The van der Waals surface area contributed by atoms with E-state index in [2.05, 4.69) is 0 Å². The van der Waals surface area contributed by atoms with Crippen molar-refractivity contribution in [1.82, 2.24) is 0 Å². The Hall–Kier alpha value is -0.770. The van der Waals surface area contributed by atoms with Crippen LogP contribution in [0.3, 0.4) is 0 Å². The van der Waals surface area contributed by atoms with Crippen LogP contribution in [0.25, 0.3) is 0 Å². The standard InChI is InChI=1S/C12H20N2O2/c13-10-8-1-7-2-9(10)5-12(3-7,4-8)6-16-11(14)15/h7-10H,1-6,13H2,(H2,14,15). The molecule has 4 aliphatic carbocycles. The van der Waals surface area contributed by atoms with E-state index in [0.717, 1.165) is 18.8 Å². The van der Waals surface area contributed by atoms with Crippen LogP contribution in [0.2, 0.25) is 0 Å². The van der Waals surface area contributed by atoms with Crippen molar-refractivity contribution in [2.75, 3.05) is 6.61 Å². The molecule has 4 heteroatoms. The lowest BCUT2D eigenvalue weighted by Crippen LogP contribution is -2.58. The summed E-state index contributed by atoms with van der Waals surface area (Å²) in [5, 5.41) is 0. The summed E-state index contributed by atoms with van der Waals surface area (Å²) < 4.78 is 5.06. The van der Waals surface area contributed by atoms with E-state index < -0.39 is 6.09 Å². The van der Waals surface area contributed by atoms with Crippen molar-refractivity contribution in [1.29, 1.82) is 0 Å². The Morgan fingerprint density at radius 3 is 2.44 bits per heavy atom. The molecule has 4 bridgehead atoms. The zero-order valence-electron chi connectivity index (χ0n) is 9.52. The summed E-state index contributed by atoms with van der Waals surface area (Å²) in [6.07, 6.45) is 5.41. The van der Waals surface area contributed by atoms with Gasteiger partial charge >= 0.3 is 6.09 Å². The van der Waals surface area contributed by atoms with E-state index in [1.54, 1.807) is 0 Å². The van der Waals surface area contributed by atoms with Gasteiger partial charge in [-0.1, -0.05) is 0 Å². The molecule has 90 valence electrons. The lowest BCUT2D eigenvalue weighted by Gasteiger charge is -2.59. The van der Waals surface area contributed by atoms with E-state index >= 15 is 0 Å². The van der Waals surface area contributed by atoms with E-state index in [-0.39, 0.29) is 5.41 Å². The highest BCUT2D eigenvalue weighted by atomic mass is 16.5. The molecule has 4 fully saturated rings. The van der Waals surface area contributed by atoms with Gasteiger partial charge in [0.2, 0.25) is 0 Å². The van der Waals surface area contributed by atoms with Gasteiger partial charge in [0.15, 0.2) is 0 Å². The van der Waals surface area contributed by atoms with Crippen molar-refractivity contribution < 1.29 is 9.53 Å². The number of hydrogen-bond acceptors (Lipinski definition) is 3. The summed E-state index contributed by atoms with van der Waals surface area (Å²) >= 11 is 0. The van der Waals surface area contributed by atoms with Gasteiger partial charge in [0.25, 0.3) is 0 Å². The van der Waals surface area contributed by atoms with Crippen LogP contribution >= 0.6 is 0 Å². The predicted octanol–water partition coefficient (Wildman–Crippen LogP) is 1.24. The van der Waals surface area contributed by atoms with Crippen molar-refractivity contribution in [2.24, 2.45) is 34.6 Å². The third-order valence-corrected chi connectivity index (χ3v) is 4.99. The van der Waals surface area contributed by atoms with Crippen LogP contribution in [-0.2, 0) is 4.74 Å². The van der Waals surface area contributed by atoms with Gasteiger partial charge in [-0.05, 0) is 49.9 Å². The van der Waals surface area contributed by atoms with Crippen LogP contribution in [0.4, 0.5) is 4.79 Å². The molecule has 4 saturated carbocycles. The Morgan fingerprint density at radius 2 is 1.88 bits per heavy atom. The van der Waals surface area contributed by atoms with Gasteiger partial charge in [-0.25, -0.2) is 4.79 Å². The highest BCUT2D eigenvalue weighted by Crippen LogP contribution is 2.59. The molecule has 4 aliphatic rings. The first kappa shape index (κ1) is 10.4. The minimum absolute atomic E-state index is 0.210. The molecule has 0 saturated heterocycles. The number of carbonyl (C=O) groups excluding carboxylic acids is 1. The molecule has 0 radical (unpaired) electrons. The average Bonchev–Trinajstić information content (AvgIpc) is 2.22. The van der Waals surface area contributed by atoms with Gasteiger partial charge in [0.1, 0.15) is 0 Å². The van der Waals surface area contributed by atoms with Crippen LogP contribution in [-0.4, -0.2) is 18.7 Å². The summed E-state index contributed by atoms with van der Waals surface area (Å²) in [6, 6.07) is 0.387. The predicted molar refractivity (Wildman–Crippen MR) is 59.5 cm³/mol. The van der Waals surface area contributed by atoms with E-state index in [1.165, 1.54) is 19.3 Å². The smallest absolute Gasteiger partial charge is 0.404 e. The molecule has 0 aliphatic heterocycles. The Balaban J connectivity index is 1.75. The monoisotopic (exact) mass is 224 g/mol.